The quantitative estimate of drug-likeness (QED) is 0.468. The van der Waals surface area contributed by atoms with Crippen molar-refractivity contribution in [3.63, 3.8) is 0 Å². The van der Waals surface area contributed by atoms with Crippen molar-refractivity contribution in [2.45, 2.75) is 55.4 Å². The molecule has 3 aromatic heterocycles. The molecule has 150 valence electrons. The Balaban J connectivity index is 1.80. The lowest BCUT2D eigenvalue weighted by Crippen LogP contribution is -2.02. The van der Waals surface area contributed by atoms with Crippen LogP contribution < -0.4 is 0 Å². The van der Waals surface area contributed by atoms with E-state index in [1.165, 1.54) is 50.2 Å². The maximum absolute atomic E-state index is 5.01. The Morgan fingerprint density at radius 1 is 0.655 bits per heavy atom. The van der Waals surface area contributed by atoms with Crippen molar-refractivity contribution in [2.75, 3.05) is 0 Å². The molecule has 4 heterocycles. The van der Waals surface area contributed by atoms with Crippen molar-refractivity contribution in [3.8, 4) is 11.4 Å². The zero-order chi connectivity index (χ0) is 21.0. The predicted molar refractivity (Wildman–Crippen MR) is 123 cm³/mol. The van der Waals surface area contributed by atoms with Gasteiger partial charge in [-0.3, -0.25) is 0 Å². The van der Waals surface area contributed by atoms with E-state index in [2.05, 4.69) is 88.8 Å². The van der Waals surface area contributed by atoms with Gasteiger partial charge in [-0.15, -0.1) is 0 Å². The molecule has 1 aliphatic rings. The average Bonchev–Trinajstić information content (AvgIpc) is 3.37. The van der Waals surface area contributed by atoms with Gasteiger partial charge in [0.05, 0.1) is 28.5 Å². The number of nitrogens with zero attached hydrogens (tertiary/aromatic N) is 1. The number of nitrogens with one attached hydrogen (secondary N) is 3. The maximum Gasteiger partial charge on any atom is 0.0907 e. The van der Waals surface area contributed by atoms with E-state index in [4.69, 9.17) is 4.99 Å². The van der Waals surface area contributed by atoms with Crippen molar-refractivity contribution in [1.29, 1.82) is 0 Å². The SMILES string of the molecule is CC1=C(C)/C(=C\c2[nH]c(-c3[nH]cc(C)c3C)c(C)c2C)N=C1c1[nH]cc(C)c1C. The fourth-order valence-electron chi connectivity index (χ4n) is 3.98. The zero-order valence-corrected chi connectivity index (χ0v) is 18.7. The van der Waals surface area contributed by atoms with Crippen LogP contribution in [0.25, 0.3) is 17.5 Å². The topological polar surface area (TPSA) is 59.7 Å². The lowest BCUT2D eigenvalue weighted by Gasteiger charge is -2.02. The van der Waals surface area contributed by atoms with Gasteiger partial charge >= 0.3 is 0 Å². The molecule has 0 aromatic carbocycles. The number of rotatable bonds is 3. The fraction of sp³-hybridized carbons (Fsp3) is 0.320. The highest BCUT2D eigenvalue weighted by molar-refractivity contribution is 6.15. The van der Waals surface area contributed by atoms with Gasteiger partial charge in [0.2, 0.25) is 0 Å². The van der Waals surface area contributed by atoms with E-state index in [-0.39, 0.29) is 0 Å². The molecule has 4 nitrogen and oxygen atoms in total. The van der Waals surface area contributed by atoms with Crippen LogP contribution in [0.1, 0.15) is 58.6 Å². The molecular formula is C25H30N4. The number of aryl methyl sites for hydroxylation is 2. The summed E-state index contributed by atoms with van der Waals surface area (Å²) in [6.07, 6.45) is 6.32. The highest BCUT2D eigenvalue weighted by atomic mass is 14.9. The van der Waals surface area contributed by atoms with E-state index in [1.54, 1.807) is 0 Å². The van der Waals surface area contributed by atoms with Crippen LogP contribution in [-0.2, 0) is 0 Å². The summed E-state index contributed by atoms with van der Waals surface area (Å²) < 4.78 is 0. The summed E-state index contributed by atoms with van der Waals surface area (Å²) in [5.41, 5.74) is 16.8. The molecule has 3 N–H and O–H groups in total. The van der Waals surface area contributed by atoms with Crippen LogP contribution >= 0.6 is 0 Å². The molecule has 29 heavy (non-hydrogen) atoms. The van der Waals surface area contributed by atoms with E-state index >= 15 is 0 Å². The van der Waals surface area contributed by atoms with Crippen molar-refractivity contribution in [3.05, 3.63) is 74.0 Å². The molecule has 0 radical (unpaired) electrons. The fourth-order valence-corrected chi connectivity index (χ4v) is 3.98. The number of H-pyrrole nitrogens is 3. The summed E-state index contributed by atoms with van der Waals surface area (Å²) in [6, 6.07) is 0. The van der Waals surface area contributed by atoms with Crippen molar-refractivity contribution < 1.29 is 0 Å². The van der Waals surface area contributed by atoms with Gasteiger partial charge in [-0.2, -0.15) is 0 Å². The average molecular weight is 387 g/mol. The first-order chi connectivity index (χ1) is 13.7. The minimum Gasteiger partial charge on any atom is -0.359 e. The summed E-state index contributed by atoms with van der Waals surface area (Å²) in [7, 11) is 0. The molecule has 0 unspecified atom stereocenters. The number of allylic oxidation sites excluding steroid dienone is 2. The Bertz CT molecular complexity index is 1220. The summed E-state index contributed by atoms with van der Waals surface area (Å²) >= 11 is 0. The first-order valence-electron chi connectivity index (χ1n) is 10.2. The monoisotopic (exact) mass is 386 g/mol. The second-order valence-electron chi connectivity index (χ2n) is 8.35. The van der Waals surface area contributed by atoms with Crippen molar-refractivity contribution in [2.24, 2.45) is 4.99 Å². The number of aromatic nitrogens is 3. The largest absolute Gasteiger partial charge is 0.359 e. The van der Waals surface area contributed by atoms with E-state index < -0.39 is 0 Å². The Kier molecular flexibility index (Phi) is 4.53. The molecular weight excluding hydrogens is 356 g/mol. The Hall–Kier alpha value is -3.01. The van der Waals surface area contributed by atoms with Crippen LogP contribution in [0, 0.1) is 41.5 Å². The molecule has 0 amide bonds. The summed E-state index contributed by atoms with van der Waals surface area (Å²) in [5, 5.41) is 0. The lowest BCUT2D eigenvalue weighted by molar-refractivity contribution is 1.27. The van der Waals surface area contributed by atoms with E-state index in [0.29, 0.717) is 0 Å². The van der Waals surface area contributed by atoms with Crippen LogP contribution in [0.3, 0.4) is 0 Å². The Labute approximate surface area is 172 Å². The molecule has 0 saturated heterocycles. The standard InChI is InChI=1S/C25H30N4/c1-12-10-26-22(14(12)3)24-18(7)16(5)20(28-24)9-21-17(6)19(8)25(29-21)23-15(4)13(2)11-27-23/h9-11,26-28H,1-8H3/b21-9+. The predicted octanol–water partition coefficient (Wildman–Crippen LogP) is 6.37. The number of aliphatic imine (C=N–C) groups is 1. The van der Waals surface area contributed by atoms with E-state index in [0.717, 1.165) is 28.5 Å². The first kappa shape index (κ1) is 19.3. The second kappa shape index (κ2) is 6.80. The smallest absolute Gasteiger partial charge is 0.0907 e. The second-order valence-corrected chi connectivity index (χ2v) is 8.35. The van der Waals surface area contributed by atoms with Gasteiger partial charge in [0.1, 0.15) is 0 Å². The Morgan fingerprint density at radius 3 is 1.79 bits per heavy atom. The minimum atomic E-state index is 1.03. The number of aromatic amines is 3. The van der Waals surface area contributed by atoms with Crippen LogP contribution in [0.5, 0.6) is 0 Å². The lowest BCUT2D eigenvalue weighted by atomic mass is 10.0. The van der Waals surface area contributed by atoms with Gasteiger partial charge in [-0.05, 0) is 106 Å². The van der Waals surface area contributed by atoms with Gasteiger partial charge in [-0.25, -0.2) is 4.99 Å². The normalized spacial score (nSPS) is 15.7. The van der Waals surface area contributed by atoms with Crippen LogP contribution in [0.2, 0.25) is 0 Å². The van der Waals surface area contributed by atoms with Crippen LogP contribution in [-0.4, -0.2) is 20.7 Å². The highest BCUT2D eigenvalue weighted by Gasteiger charge is 2.23. The molecule has 0 saturated carbocycles. The molecule has 0 atom stereocenters. The number of hydrogen-bond donors (Lipinski definition) is 3. The van der Waals surface area contributed by atoms with E-state index in [1.807, 2.05) is 0 Å². The van der Waals surface area contributed by atoms with Crippen LogP contribution in [0.15, 0.2) is 34.2 Å². The first-order valence-corrected chi connectivity index (χ1v) is 10.2. The molecule has 4 rings (SSSR count). The molecule has 0 spiro atoms. The number of hydrogen-bond acceptors (Lipinski definition) is 1. The molecule has 0 bridgehead atoms. The molecule has 1 aliphatic heterocycles. The Morgan fingerprint density at radius 2 is 1.24 bits per heavy atom. The molecule has 0 aliphatic carbocycles. The van der Waals surface area contributed by atoms with Crippen molar-refractivity contribution in [1.82, 2.24) is 15.0 Å². The van der Waals surface area contributed by atoms with Gasteiger partial charge in [0.25, 0.3) is 0 Å². The van der Waals surface area contributed by atoms with Gasteiger partial charge < -0.3 is 15.0 Å². The maximum atomic E-state index is 5.01. The molecule has 0 fully saturated rings. The third kappa shape index (κ3) is 2.94. The molecule has 4 heteroatoms. The third-order valence-corrected chi connectivity index (χ3v) is 6.70. The van der Waals surface area contributed by atoms with Gasteiger partial charge in [0.15, 0.2) is 0 Å². The molecule has 3 aromatic rings. The summed E-state index contributed by atoms with van der Waals surface area (Å²) in [4.78, 5) is 15.5. The third-order valence-electron chi connectivity index (χ3n) is 6.70. The summed E-state index contributed by atoms with van der Waals surface area (Å²) in [6.45, 7) is 17.3. The van der Waals surface area contributed by atoms with Gasteiger partial charge in [0, 0.05) is 18.1 Å². The highest BCUT2D eigenvalue weighted by Crippen LogP contribution is 2.34. The van der Waals surface area contributed by atoms with Crippen molar-refractivity contribution >= 4 is 11.8 Å². The minimum absolute atomic E-state index is 1.03. The van der Waals surface area contributed by atoms with Crippen LogP contribution in [0.4, 0.5) is 0 Å². The van der Waals surface area contributed by atoms with E-state index in [9.17, 15) is 0 Å². The van der Waals surface area contributed by atoms with Gasteiger partial charge in [-0.1, -0.05) is 0 Å². The zero-order valence-electron chi connectivity index (χ0n) is 18.7. The summed E-state index contributed by atoms with van der Waals surface area (Å²) in [5.74, 6) is 0.